The number of hydrogen-bond acceptors (Lipinski definition) is 5. The average molecular weight is 402 g/mol. The van der Waals surface area contributed by atoms with E-state index >= 15 is 0 Å². The number of fused-ring (bicyclic) bond motifs is 1. The van der Waals surface area contributed by atoms with Crippen LogP contribution in [0.1, 0.15) is 12.0 Å². The molecule has 2 atom stereocenters. The lowest BCUT2D eigenvalue weighted by molar-refractivity contribution is 0.266. The molecule has 0 spiro atoms. The molecule has 0 bridgehead atoms. The molecule has 0 unspecified atom stereocenters. The van der Waals surface area contributed by atoms with Crippen LogP contribution in [0.25, 0.3) is 0 Å². The van der Waals surface area contributed by atoms with E-state index < -0.39 is 10.2 Å². The molecule has 4 rings (SSSR count). The van der Waals surface area contributed by atoms with Crippen LogP contribution in [-0.2, 0) is 16.6 Å². The Morgan fingerprint density at radius 1 is 1.07 bits per heavy atom. The first-order valence-corrected chi connectivity index (χ1v) is 11.0. The van der Waals surface area contributed by atoms with Crippen molar-refractivity contribution in [2.75, 3.05) is 45.2 Å². The summed E-state index contributed by atoms with van der Waals surface area (Å²) in [5, 5.41) is 0. The van der Waals surface area contributed by atoms with Gasteiger partial charge in [-0.15, -0.1) is 0 Å². The van der Waals surface area contributed by atoms with E-state index in [0.29, 0.717) is 13.1 Å². The van der Waals surface area contributed by atoms with Gasteiger partial charge in [-0.2, -0.15) is 17.0 Å². The van der Waals surface area contributed by atoms with Crippen molar-refractivity contribution in [3.05, 3.63) is 54.4 Å². The topological polar surface area (TPSA) is 69.6 Å². The van der Waals surface area contributed by atoms with Crippen LogP contribution in [0.15, 0.2) is 48.8 Å². The molecule has 0 N–H and O–H groups in total. The Bertz CT molecular complexity index is 907. The average Bonchev–Trinajstić information content (AvgIpc) is 3.23. The number of hydrogen-bond donors (Lipinski definition) is 0. The lowest BCUT2D eigenvalue weighted by Crippen LogP contribution is -2.42. The monoisotopic (exact) mass is 401 g/mol. The maximum Gasteiger partial charge on any atom is 0.281 e. The SMILES string of the molecule is CN(C)S(=O)(=O)N1C[C@@H]2CN(c3ncccn3)C[C@]2(CCc2ccccc2)C1. The highest BCUT2D eigenvalue weighted by Crippen LogP contribution is 2.47. The first-order chi connectivity index (χ1) is 13.4. The fourth-order valence-corrected chi connectivity index (χ4v) is 5.79. The van der Waals surface area contributed by atoms with Crippen molar-refractivity contribution in [1.29, 1.82) is 0 Å². The molecule has 2 saturated heterocycles. The molecule has 2 fully saturated rings. The number of aryl methyl sites for hydroxylation is 1. The van der Waals surface area contributed by atoms with Gasteiger partial charge in [0.25, 0.3) is 10.2 Å². The van der Waals surface area contributed by atoms with Crippen LogP contribution in [0.2, 0.25) is 0 Å². The van der Waals surface area contributed by atoms with E-state index in [4.69, 9.17) is 0 Å². The van der Waals surface area contributed by atoms with Crippen LogP contribution < -0.4 is 4.90 Å². The minimum atomic E-state index is -3.40. The summed E-state index contributed by atoms with van der Waals surface area (Å²) in [4.78, 5) is 11.0. The zero-order valence-corrected chi connectivity index (χ0v) is 17.2. The van der Waals surface area contributed by atoms with Crippen molar-refractivity contribution in [2.24, 2.45) is 11.3 Å². The van der Waals surface area contributed by atoms with Crippen LogP contribution in [0.5, 0.6) is 0 Å². The quantitative estimate of drug-likeness (QED) is 0.736. The maximum absolute atomic E-state index is 12.7. The Morgan fingerprint density at radius 2 is 1.79 bits per heavy atom. The molecule has 0 saturated carbocycles. The molecule has 150 valence electrons. The Morgan fingerprint density at radius 3 is 2.46 bits per heavy atom. The molecule has 0 radical (unpaired) electrons. The van der Waals surface area contributed by atoms with Gasteiger partial charge in [0.15, 0.2) is 0 Å². The molecule has 28 heavy (non-hydrogen) atoms. The summed E-state index contributed by atoms with van der Waals surface area (Å²) in [5.41, 5.74) is 1.21. The predicted molar refractivity (Wildman–Crippen MR) is 109 cm³/mol. The van der Waals surface area contributed by atoms with Crippen molar-refractivity contribution in [2.45, 2.75) is 12.8 Å². The molecule has 1 aromatic heterocycles. The van der Waals surface area contributed by atoms with Crippen molar-refractivity contribution in [1.82, 2.24) is 18.6 Å². The Hall–Kier alpha value is -2.03. The zero-order valence-electron chi connectivity index (χ0n) is 16.4. The van der Waals surface area contributed by atoms with Gasteiger partial charge in [0.2, 0.25) is 5.95 Å². The largest absolute Gasteiger partial charge is 0.340 e. The minimum absolute atomic E-state index is 0.0852. The second-order valence-corrected chi connectivity index (χ2v) is 10.2. The van der Waals surface area contributed by atoms with Gasteiger partial charge in [-0.25, -0.2) is 9.97 Å². The molecule has 0 amide bonds. The van der Waals surface area contributed by atoms with E-state index in [9.17, 15) is 8.42 Å². The highest BCUT2D eigenvalue weighted by atomic mass is 32.2. The summed E-state index contributed by atoms with van der Waals surface area (Å²) in [6.45, 7) is 2.68. The minimum Gasteiger partial charge on any atom is -0.340 e. The Balaban J connectivity index is 1.58. The fraction of sp³-hybridized carbons (Fsp3) is 0.500. The number of anilines is 1. The lowest BCUT2D eigenvalue weighted by atomic mass is 9.76. The number of benzene rings is 1. The van der Waals surface area contributed by atoms with Crippen molar-refractivity contribution >= 4 is 16.2 Å². The maximum atomic E-state index is 12.7. The molecule has 8 heteroatoms. The van der Waals surface area contributed by atoms with Gasteiger partial charge in [-0.3, -0.25) is 0 Å². The van der Waals surface area contributed by atoms with Crippen LogP contribution >= 0.6 is 0 Å². The van der Waals surface area contributed by atoms with Crippen molar-refractivity contribution in [3.8, 4) is 0 Å². The Kier molecular flexibility index (Phi) is 5.11. The Labute approximate surface area is 167 Å². The first kappa shape index (κ1) is 19.3. The van der Waals surface area contributed by atoms with Gasteiger partial charge in [-0.05, 0) is 30.4 Å². The smallest absolute Gasteiger partial charge is 0.281 e. The van der Waals surface area contributed by atoms with Crippen LogP contribution in [0.4, 0.5) is 5.95 Å². The molecule has 3 heterocycles. The third-order valence-electron chi connectivity index (χ3n) is 6.10. The molecular weight excluding hydrogens is 374 g/mol. The van der Waals surface area contributed by atoms with E-state index in [2.05, 4.69) is 39.1 Å². The third kappa shape index (κ3) is 3.52. The van der Waals surface area contributed by atoms with Gasteiger partial charge in [0.05, 0.1) is 0 Å². The molecule has 2 aromatic rings. The summed E-state index contributed by atoms with van der Waals surface area (Å²) >= 11 is 0. The molecule has 1 aromatic carbocycles. The second kappa shape index (κ2) is 7.42. The van der Waals surface area contributed by atoms with Crippen LogP contribution in [-0.4, -0.2) is 67.3 Å². The van der Waals surface area contributed by atoms with E-state index in [1.54, 1.807) is 30.8 Å². The molecular formula is C20H27N5O2S. The molecule has 2 aliphatic rings. The van der Waals surface area contributed by atoms with Crippen LogP contribution in [0.3, 0.4) is 0 Å². The predicted octanol–water partition coefficient (Wildman–Crippen LogP) is 1.65. The number of aromatic nitrogens is 2. The fourth-order valence-electron chi connectivity index (χ4n) is 4.54. The van der Waals surface area contributed by atoms with E-state index in [1.807, 2.05) is 12.1 Å². The highest BCUT2D eigenvalue weighted by molar-refractivity contribution is 7.86. The van der Waals surface area contributed by atoms with Gasteiger partial charge in [0.1, 0.15) is 0 Å². The van der Waals surface area contributed by atoms with Gasteiger partial charge < -0.3 is 4.90 Å². The van der Waals surface area contributed by atoms with E-state index in [1.165, 1.54) is 9.87 Å². The standard InChI is InChI=1S/C20H27N5O2S/c1-23(2)28(26,27)25-14-18-13-24(19-21-11-6-12-22-19)15-20(18,16-25)10-9-17-7-4-3-5-8-17/h3-8,11-12,18H,9-10,13-16H2,1-2H3/t18-,20+/m0/s1. The molecule has 7 nitrogen and oxygen atoms in total. The summed E-state index contributed by atoms with van der Waals surface area (Å²) in [7, 11) is -0.202. The number of rotatable bonds is 6. The van der Waals surface area contributed by atoms with Crippen LogP contribution in [0, 0.1) is 11.3 Å². The van der Waals surface area contributed by atoms with Gasteiger partial charge in [0, 0.05) is 58.1 Å². The highest BCUT2D eigenvalue weighted by Gasteiger charge is 2.55. The summed E-state index contributed by atoms with van der Waals surface area (Å²) in [5.74, 6) is 1.01. The normalized spacial score (nSPS) is 25.4. The molecule has 2 aliphatic heterocycles. The van der Waals surface area contributed by atoms with Gasteiger partial charge in [-0.1, -0.05) is 30.3 Å². The van der Waals surface area contributed by atoms with Crippen molar-refractivity contribution < 1.29 is 8.42 Å². The zero-order chi connectivity index (χ0) is 19.8. The van der Waals surface area contributed by atoms with Gasteiger partial charge >= 0.3 is 0 Å². The lowest BCUT2D eigenvalue weighted by Gasteiger charge is -2.30. The van der Waals surface area contributed by atoms with E-state index in [0.717, 1.165) is 31.9 Å². The summed E-state index contributed by atoms with van der Waals surface area (Å²) in [6, 6.07) is 12.2. The second-order valence-electron chi connectivity index (χ2n) is 8.06. The summed E-state index contributed by atoms with van der Waals surface area (Å²) in [6.07, 6.45) is 5.41. The van der Waals surface area contributed by atoms with Crippen molar-refractivity contribution in [3.63, 3.8) is 0 Å². The summed E-state index contributed by atoms with van der Waals surface area (Å²) < 4.78 is 28.5. The first-order valence-electron chi connectivity index (χ1n) is 9.64. The number of nitrogens with zero attached hydrogens (tertiary/aromatic N) is 5. The van der Waals surface area contributed by atoms with E-state index in [-0.39, 0.29) is 11.3 Å². The third-order valence-corrected chi connectivity index (χ3v) is 7.96. The molecule has 0 aliphatic carbocycles.